The number of alkyl halides is 3. The standard InChI is InChI=1S/C10H15F3N2O3/c11-10(12,13)4-2-5-14-9(18)15-6-1-3-7(15)8(16)17/h7H,1-6H2,(H,14,18)(H,16,17)/t7-/m0/s1. The van der Waals surface area contributed by atoms with Gasteiger partial charge in [0.2, 0.25) is 0 Å². The first-order valence-electron chi connectivity index (χ1n) is 5.65. The number of aliphatic carboxylic acids is 1. The fraction of sp³-hybridized carbons (Fsp3) is 0.800. The van der Waals surface area contributed by atoms with Crippen LogP contribution in [0, 0.1) is 0 Å². The van der Waals surface area contributed by atoms with Gasteiger partial charge in [-0.15, -0.1) is 0 Å². The number of hydrogen-bond donors (Lipinski definition) is 2. The minimum absolute atomic E-state index is 0.110. The van der Waals surface area contributed by atoms with Gasteiger partial charge < -0.3 is 15.3 Å². The molecule has 1 rings (SSSR count). The van der Waals surface area contributed by atoms with E-state index < -0.39 is 30.6 Å². The van der Waals surface area contributed by atoms with Crippen molar-refractivity contribution in [3.05, 3.63) is 0 Å². The Bertz CT molecular complexity index is 320. The fourth-order valence-electron chi connectivity index (χ4n) is 1.85. The Balaban J connectivity index is 2.30. The summed E-state index contributed by atoms with van der Waals surface area (Å²) >= 11 is 0. The van der Waals surface area contributed by atoms with E-state index in [0.717, 1.165) is 4.90 Å². The normalized spacial score (nSPS) is 19.9. The lowest BCUT2D eigenvalue weighted by Crippen LogP contribution is -2.46. The number of nitrogens with one attached hydrogen (secondary N) is 1. The molecular weight excluding hydrogens is 253 g/mol. The average Bonchev–Trinajstić information content (AvgIpc) is 2.71. The van der Waals surface area contributed by atoms with E-state index in [-0.39, 0.29) is 13.0 Å². The molecule has 1 fully saturated rings. The highest BCUT2D eigenvalue weighted by atomic mass is 19.4. The van der Waals surface area contributed by atoms with E-state index in [9.17, 15) is 22.8 Å². The van der Waals surface area contributed by atoms with Gasteiger partial charge in [-0.05, 0) is 19.3 Å². The molecule has 1 atom stereocenters. The Morgan fingerprint density at radius 1 is 1.39 bits per heavy atom. The molecule has 8 heteroatoms. The third kappa shape index (κ3) is 4.42. The van der Waals surface area contributed by atoms with Crippen LogP contribution in [0.15, 0.2) is 0 Å². The number of likely N-dealkylation sites (tertiary alicyclic amines) is 1. The monoisotopic (exact) mass is 268 g/mol. The molecule has 0 unspecified atom stereocenters. The molecule has 0 aromatic heterocycles. The molecule has 1 saturated heterocycles. The van der Waals surface area contributed by atoms with Crippen LogP contribution >= 0.6 is 0 Å². The summed E-state index contributed by atoms with van der Waals surface area (Å²) in [6.45, 7) is 0.212. The lowest BCUT2D eigenvalue weighted by molar-refractivity contribution is -0.141. The number of amides is 2. The number of carboxylic acid groups (broad SMARTS) is 1. The van der Waals surface area contributed by atoms with E-state index in [1.807, 2.05) is 0 Å². The SMILES string of the molecule is O=C(O)[C@@H]1CCCN1C(=O)NCCCC(F)(F)F. The molecule has 0 saturated carbocycles. The largest absolute Gasteiger partial charge is 0.480 e. The lowest BCUT2D eigenvalue weighted by Gasteiger charge is -2.21. The Morgan fingerprint density at radius 3 is 2.61 bits per heavy atom. The van der Waals surface area contributed by atoms with Crippen molar-refractivity contribution in [3.8, 4) is 0 Å². The first-order chi connectivity index (χ1) is 8.31. The van der Waals surface area contributed by atoms with E-state index >= 15 is 0 Å². The van der Waals surface area contributed by atoms with Crippen LogP contribution in [0.4, 0.5) is 18.0 Å². The summed E-state index contributed by atoms with van der Waals surface area (Å²) in [4.78, 5) is 23.5. The van der Waals surface area contributed by atoms with E-state index in [0.29, 0.717) is 19.4 Å². The molecule has 0 aliphatic carbocycles. The van der Waals surface area contributed by atoms with Crippen LogP contribution in [-0.4, -0.2) is 47.3 Å². The first kappa shape index (κ1) is 14.6. The summed E-state index contributed by atoms with van der Waals surface area (Å²) in [5.74, 6) is -1.09. The van der Waals surface area contributed by atoms with Gasteiger partial charge in [-0.3, -0.25) is 0 Å². The van der Waals surface area contributed by atoms with Gasteiger partial charge >= 0.3 is 18.2 Å². The summed E-state index contributed by atoms with van der Waals surface area (Å²) in [7, 11) is 0. The van der Waals surface area contributed by atoms with Gasteiger partial charge in [-0.2, -0.15) is 13.2 Å². The van der Waals surface area contributed by atoms with Crippen molar-refractivity contribution in [3.63, 3.8) is 0 Å². The van der Waals surface area contributed by atoms with Crippen LogP contribution in [0.5, 0.6) is 0 Å². The smallest absolute Gasteiger partial charge is 0.389 e. The van der Waals surface area contributed by atoms with Gasteiger partial charge in [0.05, 0.1) is 0 Å². The van der Waals surface area contributed by atoms with Crippen molar-refractivity contribution in [2.45, 2.75) is 37.9 Å². The van der Waals surface area contributed by atoms with Crippen molar-refractivity contribution >= 4 is 12.0 Å². The van der Waals surface area contributed by atoms with Crippen molar-refractivity contribution in [2.24, 2.45) is 0 Å². The zero-order valence-electron chi connectivity index (χ0n) is 9.66. The first-order valence-corrected chi connectivity index (χ1v) is 5.65. The second-order valence-electron chi connectivity index (χ2n) is 4.14. The van der Waals surface area contributed by atoms with Crippen LogP contribution in [0.1, 0.15) is 25.7 Å². The quantitative estimate of drug-likeness (QED) is 0.761. The molecule has 1 aliphatic heterocycles. The molecule has 1 heterocycles. The van der Waals surface area contributed by atoms with Gasteiger partial charge in [0.15, 0.2) is 0 Å². The molecule has 2 amide bonds. The number of nitrogens with zero attached hydrogens (tertiary/aromatic N) is 1. The Morgan fingerprint density at radius 2 is 2.06 bits per heavy atom. The average molecular weight is 268 g/mol. The van der Waals surface area contributed by atoms with Gasteiger partial charge in [0.1, 0.15) is 6.04 Å². The minimum Gasteiger partial charge on any atom is -0.480 e. The maximum absolute atomic E-state index is 11.8. The van der Waals surface area contributed by atoms with E-state index in [1.54, 1.807) is 0 Å². The third-order valence-corrected chi connectivity index (χ3v) is 2.71. The van der Waals surface area contributed by atoms with Crippen LogP contribution < -0.4 is 5.32 Å². The number of carboxylic acids is 1. The molecule has 0 radical (unpaired) electrons. The van der Waals surface area contributed by atoms with Gasteiger partial charge in [-0.25, -0.2) is 9.59 Å². The van der Waals surface area contributed by atoms with Crippen LogP contribution in [0.25, 0.3) is 0 Å². The number of urea groups is 1. The fourth-order valence-corrected chi connectivity index (χ4v) is 1.85. The molecule has 0 aromatic carbocycles. The second kappa shape index (κ2) is 5.92. The van der Waals surface area contributed by atoms with Crippen molar-refractivity contribution in [1.82, 2.24) is 10.2 Å². The molecule has 0 bridgehead atoms. The highest BCUT2D eigenvalue weighted by Gasteiger charge is 2.34. The predicted octanol–water partition coefficient (Wildman–Crippen LogP) is 1.59. The van der Waals surface area contributed by atoms with Gasteiger partial charge in [0.25, 0.3) is 0 Å². The van der Waals surface area contributed by atoms with Gasteiger partial charge in [-0.1, -0.05) is 0 Å². The van der Waals surface area contributed by atoms with Gasteiger partial charge in [0, 0.05) is 19.5 Å². The van der Waals surface area contributed by atoms with E-state index in [1.165, 1.54) is 0 Å². The summed E-state index contributed by atoms with van der Waals surface area (Å²) < 4.78 is 35.5. The summed E-state index contributed by atoms with van der Waals surface area (Å²) in [6.07, 6.45) is -4.43. The number of carbonyl (C=O) groups is 2. The van der Waals surface area contributed by atoms with Crippen molar-refractivity contribution in [1.29, 1.82) is 0 Å². The van der Waals surface area contributed by atoms with Crippen molar-refractivity contribution < 1.29 is 27.9 Å². The number of hydrogen-bond acceptors (Lipinski definition) is 2. The number of halogens is 3. The zero-order chi connectivity index (χ0) is 13.8. The molecule has 104 valence electrons. The number of rotatable bonds is 4. The third-order valence-electron chi connectivity index (χ3n) is 2.71. The number of carbonyl (C=O) groups excluding carboxylic acids is 1. The summed E-state index contributed by atoms with van der Waals surface area (Å²) in [6, 6.07) is -1.48. The Hall–Kier alpha value is -1.47. The lowest BCUT2D eigenvalue weighted by atomic mass is 10.2. The van der Waals surface area contributed by atoms with Crippen LogP contribution in [-0.2, 0) is 4.79 Å². The second-order valence-corrected chi connectivity index (χ2v) is 4.14. The van der Waals surface area contributed by atoms with E-state index in [2.05, 4.69) is 5.32 Å². The molecule has 0 aromatic rings. The van der Waals surface area contributed by atoms with Crippen LogP contribution in [0.2, 0.25) is 0 Å². The molecule has 18 heavy (non-hydrogen) atoms. The van der Waals surface area contributed by atoms with Crippen LogP contribution in [0.3, 0.4) is 0 Å². The minimum atomic E-state index is -4.23. The molecular formula is C10H15F3N2O3. The van der Waals surface area contributed by atoms with E-state index in [4.69, 9.17) is 5.11 Å². The van der Waals surface area contributed by atoms with Crippen molar-refractivity contribution in [2.75, 3.05) is 13.1 Å². The predicted molar refractivity (Wildman–Crippen MR) is 56.1 cm³/mol. The maximum atomic E-state index is 11.8. The molecule has 2 N–H and O–H groups in total. The topological polar surface area (TPSA) is 69.6 Å². The Labute approximate surface area is 102 Å². The molecule has 0 spiro atoms. The molecule has 5 nitrogen and oxygen atoms in total. The zero-order valence-corrected chi connectivity index (χ0v) is 9.66. The highest BCUT2D eigenvalue weighted by molar-refractivity contribution is 5.83. The molecule has 1 aliphatic rings. The maximum Gasteiger partial charge on any atom is 0.389 e. The highest BCUT2D eigenvalue weighted by Crippen LogP contribution is 2.21. The summed E-state index contributed by atoms with van der Waals surface area (Å²) in [5, 5.41) is 11.1. The summed E-state index contributed by atoms with van der Waals surface area (Å²) in [5.41, 5.74) is 0. The Kier molecular flexibility index (Phi) is 4.80.